The van der Waals surface area contributed by atoms with Crippen LogP contribution in [0.2, 0.25) is 0 Å². The highest BCUT2D eigenvalue weighted by Crippen LogP contribution is 2.62. The molecule has 2 aliphatic carbocycles. The number of hydrogen-bond donors (Lipinski definition) is 0. The van der Waals surface area contributed by atoms with Gasteiger partial charge in [-0.15, -0.1) is 0 Å². The van der Waals surface area contributed by atoms with E-state index in [1.54, 1.807) is 5.56 Å². The lowest BCUT2D eigenvalue weighted by Gasteiger charge is -2.52. The van der Waals surface area contributed by atoms with Gasteiger partial charge in [-0.05, 0) is 179 Å². The lowest BCUT2D eigenvalue weighted by molar-refractivity contribution is 0.195. The molecule has 2 aliphatic heterocycles. The fourth-order valence-corrected chi connectivity index (χ4v) is 15.8. The van der Waals surface area contributed by atoms with E-state index < -0.39 is 0 Å². The van der Waals surface area contributed by atoms with Crippen LogP contribution < -0.4 is 26.2 Å². The third kappa shape index (κ3) is 9.49. The Kier molecular flexibility index (Phi) is 13.6. The summed E-state index contributed by atoms with van der Waals surface area (Å²) in [5.74, 6) is 0.0503. The standard InChI is InChI=1S/C82H97BN2/c1-51-43-61(84(59-35-29-54(30-36-59)75(3,4)5)60-37-31-55(32-38-60)76(6,7)8)48-72-73(51)83(71-47-58(79(15,16)17)46-69-74(71)85(72)82(21)42-26-25-41-81(69,82)20)70-50-66-65-45-57(78(12,13)14)34-40-67(65)80(18,19)68(66)49-63(70)52(2)62-39-33-56(77(9,10)11)44-64(62)53-27-23-22-24-28-53/h22-24,27-40,43-50,52H,25-26,41-42H2,1-21H3. The summed E-state index contributed by atoms with van der Waals surface area (Å²) >= 11 is 0. The minimum Gasteiger partial charge on any atom is -0.335 e. The highest BCUT2D eigenvalue weighted by Gasteiger charge is 2.61. The molecule has 0 radical (unpaired) electrons. The van der Waals surface area contributed by atoms with E-state index in [-0.39, 0.29) is 56.1 Å². The maximum atomic E-state index is 2.94. The van der Waals surface area contributed by atoms with Gasteiger partial charge in [0.2, 0.25) is 6.71 Å². The van der Waals surface area contributed by atoms with Crippen LogP contribution in [0.5, 0.6) is 0 Å². The fraction of sp³-hybridized carbons (Fsp3) is 0.415. The summed E-state index contributed by atoms with van der Waals surface area (Å²) in [4.78, 5) is 5.50. The molecule has 0 N–H and O–H groups in total. The van der Waals surface area contributed by atoms with E-state index in [1.807, 2.05) is 0 Å². The number of benzene rings is 8. The van der Waals surface area contributed by atoms with Gasteiger partial charge in [0.25, 0.3) is 0 Å². The van der Waals surface area contributed by atoms with Crippen molar-refractivity contribution in [1.29, 1.82) is 0 Å². The molecule has 8 aromatic carbocycles. The Hall–Kier alpha value is -6.58. The lowest BCUT2D eigenvalue weighted by atomic mass is 9.33. The van der Waals surface area contributed by atoms with Gasteiger partial charge >= 0.3 is 0 Å². The molecule has 1 saturated carbocycles. The van der Waals surface area contributed by atoms with Crippen molar-refractivity contribution in [3.05, 3.63) is 213 Å². The van der Waals surface area contributed by atoms with Gasteiger partial charge in [-0.2, -0.15) is 0 Å². The molecular weight excluding hydrogens is 1020 g/mol. The van der Waals surface area contributed by atoms with Crippen LogP contribution in [0.25, 0.3) is 22.3 Å². The topological polar surface area (TPSA) is 6.48 Å². The first-order valence-electron chi connectivity index (χ1n) is 32.3. The second-order valence-corrected chi connectivity index (χ2v) is 32.7. The first kappa shape index (κ1) is 58.8. The van der Waals surface area contributed by atoms with Crippen molar-refractivity contribution < 1.29 is 0 Å². The molecule has 0 aromatic heterocycles. The molecule has 4 aliphatic rings. The predicted octanol–water partition coefficient (Wildman–Crippen LogP) is 20.6. The molecule has 3 heteroatoms. The number of hydrogen-bond acceptors (Lipinski definition) is 2. The van der Waals surface area contributed by atoms with Gasteiger partial charge in [0, 0.05) is 45.2 Å². The van der Waals surface area contributed by atoms with Crippen LogP contribution in [-0.2, 0) is 37.9 Å². The minimum absolute atomic E-state index is 0.000940. The first-order chi connectivity index (χ1) is 39.6. The third-order valence-electron chi connectivity index (χ3n) is 21.5. The van der Waals surface area contributed by atoms with Gasteiger partial charge in [-0.25, -0.2) is 0 Å². The van der Waals surface area contributed by atoms with E-state index in [2.05, 4.69) is 307 Å². The van der Waals surface area contributed by atoms with Crippen molar-refractivity contribution in [2.24, 2.45) is 0 Å². The summed E-state index contributed by atoms with van der Waals surface area (Å²) in [6.07, 6.45) is 4.76. The Bertz CT molecular complexity index is 3880. The largest absolute Gasteiger partial charge is 0.335 e. The van der Waals surface area contributed by atoms with Crippen LogP contribution in [0.4, 0.5) is 28.4 Å². The third-order valence-corrected chi connectivity index (χ3v) is 21.5. The molecule has 0 bridgehead atoms. The molecule has 8 aromatic rings. The van der Waals surface area contributed by atoms with E-state index in [1.165, 1.54) is 142 Å². The van der Waals surface area contributed by atoms with Gasteiger partial charge in [-0.1, -0.05) is 271 Å². The van der Waals surface area contributed by atoms with Crippen LogP contribution in [0.3, 0.4) is 0 Å². The van der Waals surface area contributed by atoms with Crippen molar-refractivity contribution in [2.45, 2.75) is 220 Å². The van der Waals surface area contributed by atoms with Gasteiger partial charge in [-0.3, -0.25) is 0 Å². The van der Waals surface area contributed by atoms with Gasteiger partial charge in [0.15, 0.2) is 0 Å². The van der Waals surface area contributed by atoms with Crippen molar-refractivity contribution in [2.75, 3.05) is 9.80 Å². The van der Waals surface area contributed by atoms with Crippen LogP contribution in [0, 0.1) is 6.92 Å². The zero-order valence-electron chi connectivity index (χ0n) is 55.8. The monoisotopic (exact) mass is 1120 g/mol. The second-order valence-electron chi connectivity index (χ2n) is 32.7. The predicted molar refractivity (Wildman–Crippen MR) is 370 cm³/mol. The summed E-state index contributed by atoms with van der Waals surface area (Å²) < 4.78 is 0. The number of fused-ring (bicyclic) bond motifs is 8. The van der Waals surface area contributed by atoms with Gasteiger partial charge in [0.1, 0.15) is 0 Å². The first-order valence-corrected chi connectivity index (χ1v) is 32.3. The summed E-state index contributed by atoms with van der Waals surface area (Å²) in [6, 6.07) is 61.1. The Labute approximate surface area is 514 Å². The van der Waals surface area contributed by atoms with E-state index >= 15 is 0 Å². The smallest absolute Gasteiger partial charge is 0.247 e. The molecule has 3 atom stereocenters. The van der Waals surface area contributed by atoms with Gasteiger partial charge in [0.05, 0.1) is 5.54 Å². The molecule has 1 fully saturated rings. The normalized spacial score (nSPS) is 19.3. The Balaban J connectivity index is 1.20. The molecule has 85 heavy (non-hydrogen) atoms. The van der Waals surface area contributed by atoms with Crippen molar-refractivity contribution in [3.63, 3.8) is 0 Å². The molecule has 0 amide bonds. The van der Waals surface area contributed by atoms with Crippen molar-refractivity contribution in [1.82, 2.24) is 0 Å². The highest BCUT2D eigenvalue weighted by atomic mass is 15.3. The van der Waals surface area contributed by atoms with Crippen LogP contribution in [-0.4, -0.2) is 12.3 Å². The summed E-state index contributed by atoms with van der Waals surface area (Å²) in [6.45, 7) is 50.6. The molecule has 0 spiro atoms. The van der Waals surface area contributed by atoms with Crippen LogP contribution >= 0.6 is 0 Å². The highest BCUT2D eigenvalue weighted by molar-refractivity contribution is 6.98. The molecule has 0 saturated heterocycles. The van der Waals surface area contributed by atoms with Crippen molar-refractivity contribution in [3.8, 4) is 22.3 Å². The lowest BCUT2D eigenvalue weighted by Crippen LogP contribution is -2.63. The quantitative estimate of drug-likeness (QED) is 0.147. The maximum absolute atomic E-state index is 2.94. The Morgan fingerprint density at radius 3 is 1.53 bits per heavy atom. The number of anilines is 5. The van der Waals surface area contributed by atoms with Gasteiger partial charge < -0.3 is 9.80 Å². The van der Waals surface area contributed by atoms with E-state index in [4.69, 9.17) is 0 Å². The SMILES string of the molecule is Cc1cc(N(c2ccc(C(C)(C)C)cc2)c2ccc(C(C)(C)C)cc2)cc2c1B(c1cc3c(cc1C(C)c1ccc(C(C)(C)C)cc1-c1ccccc1)C(C)(C)c1ccc(C(C)(C)C)cc1-3)c1cc(C(C)(C)C)cc3c1N2C1(C)CCCCC31C. The van der Waals surface area contributed by atoms with E-state index in [0.29, 0.717) is 0 Å². The number of aryl methyl sites for hydroxylation is 1. The van der Waals surface area contributed by atoms with Crippen molar-refractivity contribution >= 4 is 51.5 Å². The van der Waals surface area contributed by atoms with Crippen LogP contribution in [0.15, 0.2) is 152 Å². The van der Waals surface area contributed by atoms with E-state index in [9.17, 15) is 0 Å². The van der Waals surface area contributed by atoms with Crippen LogP contribution in [0.1, 0.15) is 231 Å². The zero-order chi connectivity index (χ0) is 61.1. The fourth-order valence-electron chi connectivity index (χ4n) is 15.8. The number of rotatable bonds is 7. The molecule has 2 heterocycles. The Morgan fingerprint density at radius 2 is 0.965 bits per heavy atom. The minimum atomic E-state index is -0.204. The average Bonchev–Trinajstić information content (AvgIpc) is 1.60. The zero-order valence-corrected chi connectivity index (χ0v) is 55.8. The average molecular weight is 1120 g/mol. The molecule has 438 valence electrons. The molecule has 3 unspecified atom stereocenters. The summed E-state index contributed by atoms with van der Waals surface area (Å²) in [7, 11) is 0. The van der Waals surface area contributed by atoms with E-state index in [0.717, 1.165) is 6.42 Å². The summed E-state index contributed by atoms with van der Waals surface area (Å²) in [5, 5.41) is 0. The molecule has 2 nitrogen and oxygen atoms in total. The molecule has 12 rings (SSSR count). The number of nitrogens with zero attached hydrogens (tertiary/aromatic N) is 2. The molecular formula is C82H97BN2. The maximum Gasteiger partial charge on any atom is 0.247 e. The summed E-state index contributed by atoms with van der Waals surface area (Å²) in [5.41, 5.74) is 31.0. The Morgan fingerprint density at radius 1 is 0.447 bits per heavy atom. The second kappa shape index (κ2) is 19.7.